The lowest BCUT2D eigenvalue weighted by molar-refractivity contribution is 0.103. The van der Waals surface area contributed by atoms with Gasteiger partial charge < -0.3 is 9.84 Å². The van der Waals surface area contributed by atoms with Crippen LogP contribution in [0.2, 0.25) is 0 Å². The van der Waals surface area contributed by atoms with Crippen LogP contribution < -0.4 is 0 Å². The van der Waals surface area contributed by atoms with Crippen molar-refractivity contribution in [3.8, 4) is 16.3 Å². The minimum absolute atomic E-state index is 0.0139. The van der Waals surface area contributed by atoms with Crippen LogP contribution in [-0.4, -0.2) is 31.5 Å². The molecule has 0 aliphatic carbocycles. The van der Waals surface area contributed by atoms with Gasteiger partial charge in [0.1, 0.15) is 17.7 Å². The Morgan fingerprint density at radius 3 is 3.10 bits per heavy atom. The van der Waals surface area contributed by atoms with Gasteiger partial charge >= 0.3 is 0 Å². The lowest BCUT2D eigenvalue weighted by atomic mass is 10.2. The van der Waals surface area contributed by atoms with E-state index in [1.807, 2.05) is 0 Å². The van der Waals surface area contributed by atoms with Crippen molar-refractivity contribution in [3.63, 3.8) is 0 Å². The zero-order valence-electron chi connectivity index (χ0n) is 10.9. The third-order valence-corrected chi connectivity index (χ3v) is 4.35. The number of nitrogens with zero attached hydrogens (tertiary/aromatic N) is 4. The molecule has 0 amide bonds. The first-order chi connectivity index (χ1) is 10.2. The minimum atomic E-state index is -0.423. The molecular weight excluding hydrogens is 295 g/mol. The van der Waals surface area contributed by atoms with Gasteiger partial charge in [-0.05, 0) is 31.0 Å². The number of aromatic hydroxyl groups is 1. The van der Waals surface area contributed by atoms with Crippen LogP contribution in [0, 0.1) is 5.82 Å². The molecule has 0 radical (unpaired) electrons. The summed E-state index contributed by atoms with van der Waals surface area (Å²) in [6.45, 7) is 0.710. The zero-order valence-corrected chi connectivity index (χ0v) is 11.7. The van der Waals surface area contributed by atoms with E-state index >= 15 is 0 Å². The summed E-state index contributed by atoms with van der Waals surface area (Å²) in [5.41, 5.74) is 0.351. The van der Waals surface area contributed by atoms with Gasteiger partial charge in [0.05, 0.1) is 5.56 Å². The van der Waals surface area contributed by atoms with E-state index in [-0.39, 0.29) is 11.9 Å². The van der Waals surface area contributed by atoms with Crippen LogP contribution >= 0.6 is 11.3 Å². The standard InChI is InChI=1S/C13H11FN4O2S/c14-7-3-4-9(19)8(6-7)12-17-18-11(10-2-1-5-20-10)15-16-13(18)21-12/h3-4,6,10,19H,1-2,5H2. The molecule has 1 unspecified atom stereocenters. The number of hydrogen-bond donors (Lipinski definition) is 1. The van der Waals surface area contributed by atoms with Gasteiger partial charge in [0.2, 0.25) is 4.96 Å². The van der Waals surface area contributed by atoms with E-state index in [9.17, 15) is 9.50 Å². The topological polar surface area (TPSA) is 72.5 Å². The Balaban J connectivity index is 1.82. The number of benzene rings is 1. The predicted octanol–water partition coefficient (Wildman–Crippen LogP) is 2.55. The third kappa shape index (κ3) is 2.07. The number of phenolic OH excluding ortho intramolecular Hbond substituents is 1. The number of ether oxygens (including phenoxy) is 1. The average Bonchev–Trinajstić information content (AvgIpc) is 3.15. The average molecular weight is 306 g/mol. The normalized spacial score (nSPS) is 18.6. The van der Waals surface area contributed by atoms with Gasteiger partial charge in [0, 0.05) is 6.61 Å². The molecule has 21 heavy (non-hydrogen) atoms. The lowest BCUT2D eigenvalue weighted by Gasteiger charge is -2.04. The maximum atomic E-state index is 13.4. The van der Waals surface area contributed by atoms with Crippen LogP contribution in [0.25, 0.3) is 15.5 Å². The van der Waals surface area contributed by atoms with Crippen LogP contribution in [0.3, 0.4) is 0 Å². The van der Waals surface area contributed by atoms with Gasteiger partial charge in [-0.1, -0.05) is 11.3 Å². The molecule has 2 aromatic heterocycles. The number of phenols is 1. The first kappa shape index (κ1) is 12.7. The van der Waals surface area contributed by atoms with Crippen molar-refractivity contribution in [2.45, 2.75) is 18.9 Å². The quantitative estimate of drug-likeness (QED) is 0.787. The van der Waals surface area contributed by atoms with Crippen molar-refractivity contribution in [2.24, 2.45) is 0 Å². The molecule has 1 atom stereocenters. The third-order valence-electron chi connectivity index (χ3n) is 3.42. The first-order valence-electron chi connectivity index (χ1n) is 6.55. The van der Waals surface area contributed by atoms with E-state index in [0.717, 1.165) is 12.8 Å². The second kappa shape index (κ2) is 4.74. The second-order valence-corrected chi connectivity index (χ2v) is 5.78. The molecule has 1 fully saturated rings. The van der Waals surface area contributed by atoms with Crippen LogP contribution in [0.5, 0.6) is 5.75 Å². The highest BCUT2D eigenvalue weighted by Gasteiger charge is 2.25. The summed E-state index contributed by atoms with van der Waals surface area (Å²) in [7, 11) is 0. The lowest BCUT2D eigenvalue weighted by Crippen LogP contribution is -2.03. The maximum absolute atomic E-state index is 13.4. The van der Waals surface area contributed by atoms with Crippen LogP contribution in [0.15, 0.2) is 18.2 Å². The maximum Gasteiger partial charge on any atom is 0.235 e. The van der Waals surface area contributed by atoms with E-state index in [1.165, 1.54) is 29.5 Å². The van der Waals surface area contributed by atoms with Gasteiger partial charge in [0.15, 0.2) is 10.8 Å². The van der Waals surface area contributed by atoms with Crippen LogP contribution in [-0.2, 0) is 4.74 Å². The highest BCUT2D eigenvalue weighted by atomic mass is 32.1. The van der Waals surface area contributed by atoms with Crippen molar-refractivity contribution in [2.75, 3.05) is 6.61 Å². The van der Waals surface area contributed by atoms with Gasteiger partial charge in [-0.3, -0.25) is 0 Å². The molecule has 1 aliphatic heterocycles. The van der Waals surface area contributed by atoms with Crippen molar-refractivity contribution in [3.05, 3.63) is 29.8 Å². The van der Waals surface area contributed by atoms with E-state index in [4.69, 9.17) is 4.74 Å². The Labute approximate surface area is 122 Å². The molecular formula is C13H11FN4O2S. The molecule has 1 aliphatic rings. The van der Waals surface area contributed by atoms with E-state index in [0.29, 0.717) is 28.0 Å². The zero-order chi connectivity index (χ0) is 14.4. The highest BCUT2D eigenvalue weighted by molar-refractivity contribution is 7.19. The van der Waals surface area contributed by atoms with E-state index < -0.39 is 5.82 Å². The fraction of sp³-hybridized carbons (Fsp3) is 0.308. The van der Waals surface area contributed by atoms with Gasteiger partial charge in [-0.15, -0.1) is 10.2 Å². The summed E-state index contributed by atoms with van der Waals surface area (Å²) in [4.78, 5) is 0.596. The number of fused-ring (bicyclic) bond motifs is 1. The Morgan fingerprint density at radius 1 is 1.38 bits per heavy atom. The molecule has 0 saturated carbocycles. The van der Waals surface area contributed by atoms with Crippen molar-refractivity contribution >= 4 is 16.3 Å². The fourth-order valence-corrected chi connectivity index (χ4v) is 3.27. The highest BCUT2D eigenvalue weighted by Crippen LogP contribution is 2.34. The molecule has 0 spiro atoms. The van der Waals surface area contributed by atoms with Crippen molar-refractivity contribution < 1.29 is 14.2 Å². The van der Waals surface area contributed by atoms with Crippen LogP contribution in [0.1, 0.15) is 24.8 Å². The fourth-order valence-electron chi connectivity index (χ4n) is 2.40. The Kier molecular flexibility index (Phi) is 2.86. The molecule has 3 aromatic rings. The molecule has 1 N–H and O–H groups in total. The van der Waals surface area contributed by atoms with Gasteiger partial charge in [-0.2, -0.15) is 9.61 Å². The monoisotopic (exact) mass is 306 g/mol. The summed E-state index contributed by atoms with van der Waals surface area (Å²) >= 11 is 1.25. The molecule has 0 bridgehead atoms. The Morgan fingerprint density at radius 2 is 2.29 bits per heavy atom. The van der Waals surface area contributed by atoms with Crippen LogP contribution in [0.4, 0.5) is 4.39 Å². The number of halogens is 1. The smallest absolute Gasteiger partial charge is 0.235 e. The van der Waals surface area contributed by atoms with E-state index in [2.05, 4.69) is 15.3 Å². The summed E-state index contributed by atoms with van der Waals surface area (Å²) in [5.74, 6) is 0.217. The molecule has 1 saturated heterocycles. The Bertz CT molecular complexity index is 810. The van der Waals surface area contributed by atoms with Gasteiger partial charge in [-0.25, -0.2) is 4.39 Å². The number of rotatable bonds is 2. The van der Waals surface area contributed by atoms with Gasteiger partial charge in [0.25, 0.3) is 0 Å². The molecule has 6 nitrogen and oxygen atoms in total. The predicted molar refractivity (Wildman–Crippen MR) is 73.6 cm³/mol. The number of aromatic nitrogens is 4. The molecule has 8 heteroatoms. The first-order valence-corrected chi connectivity index (χ1v) is 7.36. The summed E-state index contributed by atoms with van der Waals surface area (Å²) in [5, 5.41) is 22.9. The summed E-state index contributed by atoms with van der Waals surface area (Å²) < 4.78 is 20.6. The summed E-state index contributed by atoms with van der Waals surface area (Å²) in [6.07, 6.45) is 1.77. The minimum Gasteiger partial charge on any atom is -0.507 e. The molecule has 3 heterocycles. The second-order valence-electron chi connectivity index (χ2n) is 4.82. The number of hydrogen-bond acceptors (Lipinski definition) is 6. The molecule has 1 aromatic carbocycles. The van der Waals surface area contributed by atoms with Crippen molar-refractivity contribution in [1.29, 1.82) is 0 Å². The SMILES string of the molecule is Oc1ccc(F)cc1-c1nn2c(C3CCCO3)nnc2s1. The van der Waals surface area contributed by atoms with E-state index in [1.54, 1.807) is 4.52 Å². The largest absolute Gasteiger partial charge is 0.507 e. The summed E-state index contributed by atoms with van der Waals surface area (Å²) in [6, 6.07) is 3.78. The van der Waals surface area contributed by atoms with Crippen molar-refractivity contribution in [1.82, 2.24) is 19.8 Å². The Hall–Kier alpha value is -2.06. The molecule has 4 rings (SSSR count). The molecule has 108 valence electrons.